The Morgan fingerprint density at radius 3 is 2.75 bits per heavy atom. The lowest BCUT2D eigenvalue weighted by molar-refractivity contribution is -0.355. The topological polar surface area (TPSA) is 82.8 Å². The standard InChI is InChI=1S/C8H6Cl2N4O2/c1-2-16-7(15)5-3-4(13-14-5)6(9)12-8(10)11-3/h15H,2H2,1H3/p-1. The highest BCUT2D eigenvalue weighted by Crippen LogP contribution is 2.39. The van der Waals surface area contributed by atoms with Gasteiger partial charge in [0, 0.05) is 0 Å². The molecule has 0 radical (unpaired) electrons. The molecule has 8 heteroatoms. The van der Waals surface area contributed by atoms with Crippen molar-refractivity contribution in [2.75, 3.05) is 6.61 Å². The van der Waals surface area contributed by atoms with Gasteiger partial charge in [-0.3, -0.25) is 0 Å². The first kappa shape index (κ1) is 11.1. The van der Waals surface area contributed by atoms with E-state index >= 15 is 0 Å². The van der Waals surface area contributed by atoms with Crippen LogP contribution < -0.4 is 5.11 Å². The van der Waals surface area contributed by atoms with E-state index in [2.05, 4.69) is 20.2 Å². The number of rotatable bonds is 2. The molecular formula is C8H5Cl2N4O2-. The van der Waals surface area contributed by atoms with Crippen molar-refractivity contribution in [3.63, 3.8) is 0 Å². The van der Waals surface area contributed by atoms with Crippen molar-refractivity contribution in [3.8, 4) is 0 Å². The lowest BCUT2D eigenvalue weighted by atomic mass is 10.3. The van der Waals surface area contributed by atoms with Crippen LogP contribution >= 0.6 is 23.2 Å². The third kappa shape index (κ3) is 1.81. The number of aromatic nitrogens is 2. The minimum atomic E-state index is -0.615. The number of ether oxygens (including phenoxy) is 1. The molecule has 1 aliphatic rings. The van der Waals surface area contributed by atoms with E-state index < -0.39 is 5.95 Å². The van der Waals surface area contributed by atoms with Crippen molar-refractivity contribution in [2.45, 2.75) is 6.92 Å². The van der Waals surface area contributed by atoms with Crippen LogP contribution in [0, 0.1) is 0 Å². The van der Waals surface area contributed by atoms with Gasteiger partial charge in [0.05, 0.1) is 5.95 Å². The predicted octanol–water partition coefficient (Wildman–Crippen LogP) is 1.90. The van der Waals surface area contributed by atoms with E-state index in [1.165, 1.54) is 0 Å². The van der Waals surface area contributed by atoms with Gasteiger partial charge in [-0.15, -0.1) is 10.2 Å². The molecular weight excluding hydrogens is 255 g/mol. The second kappa shape index (κ2) is 4.23. The fourth-order valence-corrected chi connectivity index (χ4v) is 1.56. The molecule has 0 bridgehead atoms. The Labute approximate surface area is 101 Å². The first-order chi connectivity index (χ1) is 7.63. The van der Waals surface area contributed by atoms with Crippen LogP contribution in [0.3, 0.4) is 0 Å². The van der Waals surface area contributed by atoms with Gasteiger partial charge in [0.25, 0.3) is 0 Å². The maximum atomic E-state index is 11.5. The number of hydrogen-bond donors (Lipinski definition) is 0. The highest BCUT2D eigenvalue weighted by atomic mass is 35.5. The first-order valence-corrected chi connectivity index (χ1v) is 5.08. The molecule has 2 rings (SSSR count). The Morgan fingerprint density at radius 2 is 2.06 bits per heavy atom. The van der Waals surface area contributed by atoms with Gasteiger partial charge in [-0.1, -0.05) is 18.5 Å². The van der Waals surface area contributed by atoms with E-state index in [1.54, 1.807) is 6.92 Å². The minimum absolute atomic E-state index is 0.0111. The maximum absolute atomic E-state index is 11.5. The van der Waals surface area contributed by atoms with Gasteiger partial charge in [-0.2, -0.15) is 0 Å². The maximum Gasteiger partial charge on any atom is 0.224 e. The summed E-state index contributed by atoms with van der Waals surface area (Å²) in [6, 6.07) is 0. The van der Waals surface area contributed by atoms with Crippen LogP contribution in [0.5, 0.6) is 0 Å². The molecule has 1 aliphatic heterocycles. The smallest absolute Gasteiger partial charge is 0.224 e. The molecule has 0 unspecified atom stereocenters. The van der Waals surface area contributed by atoms with Gasteiger partial charge in [0.1, 0.15) is 11.4 Å². The van der Waals surface area contributed by atoms with Crippen LogP contribution in [-0.2, 0) is 4.74 Å². The van der Waals surface area contributed by atoms with Crippen molar-refractivity contribution in [1.82, 2.24) is 9.97 Å². The van der Waals surface area contributed by atoms with Crippen molar-refractivity contribution in [2.24, 2.45) is 10.2 Å². The molecule has 0 N–H and O–H groups in total. The Balaban J connectivity index is 2.55. The highest BCUT2D eigenvalue weighted by Gasteiger charge is 2.22. The summed E-state index contributed by atoms with van der Waals surface area (Å²) in [6.45, 7) is 1.92. The molecule has 0 amide bonds. The van der Waals surface area contributed by atoms with Crippen LogP contribution in [0.25, 0.3) is 5.70 Å². The van der Waals surface area contributed by atoms with E-state index in [1.807, 2.05) is 0 Å². The van der Waals surface area contributed by atoms with E-state index in [9.17, 15) is 5.11 Å². The van der Waals surface area contributed by atoms with Crippen molar-refractivity contribution >= 4 is 34.6 Å². The van der Waals surface area contributed by atoms with Gasteiger partial charge in [0.15, 0.2) is 10.8 Å². The molecule has 2 heterocycles. The van der Waals surface area contributed by atoms with E-state index in [0.717, 1.165) is 0 Å². The van der Waals surface area contributed by atoms with Crippen molar-refractivity contribution < 1.29 is 9.84 Å². The van der Waals surface area contributed by atoms with Gasteiger partial charge < -0.3 is 9.84 Å². The lowest BCUT2D eigenvalue weighted by Crippen LogP contribution is -2.10. The third-order valence-corrected chi connectivity index (χ3v) is 2.19. The predicted molar refractivity (Wildman–Crippen MR) is 55.1 cm³/mol. The fraction of sp³-hybridized carbons (Fsp3) is 0.250. The quantitative estimate of drug-likeness (QED) is 0.462. The van der Waals surface area contributed by atoms with E-state index in [-0.39, 0.29) is 34.1 Å². The first-order valence-electron chi connectivity index (χ1n) is 4.32. The molecule has 0 aliphatic carbocycles. The monoisotopic (exact) mass is 259 g/mol. The van der Waals surface area contributed by atoms with Crippen LogP contribution in [0.4, 0.5) is 5.69 Å². The highest BCUT2D eigenvalue weighted by molar-refractivity contribution is 6.34. The number of halogens is 2. The molecule has 0 saturated carbocycles. The zero-order chi connectivity index (χ0) is 11.7. The molecule has 1 aromatic rings. The summed E-state index contributed by atoms with van der Waals surface area (Å²) >= 11 is 11.4. The average Bonchev–Trinajstić information content (AvgIpc) is 2.61. The van der Waals surface area contributed by atoms with Gasteiger partial charge in [-0.05, 0) is 18.2 Å². The normalized spacial score (nSPS) is 16.2. The second-order valence-electron chi connectivity index (χ2n) is 2.75. The largest absolute Gasteiger partial charge is 0.612 e. The lowest BCUT2D eigenvalue weighted by Gasteiger charge is -2.13. The zero-order valence-corrected chi connectivity index (χ0v) is 9.58. The number of fused-ring (bicyclic) bond motifs is 1. The Kier molecular flexibility index (Phi) is 2.93. The zero-order valence-electron chi connectivity index (χ0n) is 8.07. The summed E-state index contributed by atoms with van der Waals surface area (Å²) in [7, 11) is 0. The Bertz CT molecular complexity index is 501. The molecule has 1 aromatic heterocycles. The summed E-state index contributed by atoms with van der Waals surface area (Å²) in [5.41, 5.74) is 0.417. The van der Waals surface area contributed by atoms with E-state index in [0.29, 0.717) is 0 Å². The molecule has 0 saturated heterocycles. The summed E-state index contributed by atoms with van der Waals surface area (Å²) in [5.74, 6) is -0.615. The number of hydrogen-bond acceptors (Lipinski definition) is 6. The summed E-state index contributed by atoms with van der Waals surface area (Å²) in [5, 5.41) is 18.8. The average molecular weight is 260 g/mol. The SMILES string of the molecule is CCOC([O-])=C1N=Nc2c(Cl)nc(Cl)nc21. The summed E-state index contributed by atoms with van der Waals surface area (Å²) < 4.78 is 4.79. The van der Waals surface area contributed by atoms with Crippen LogP contribution in [0.1, 0.15) is 12.6 Å². The molecule has 0 atom stereocenters. The molecule has 0 spiro atoms. The second-order valence-corrected chi connectivity index (χ2v) is 3.45. The fourth-order valence-electron chi connectivity index (χ4n) is 1.14. The van der Waals surface area contributed by atoms with Crippen LogP contribution in [0.2, 0.25) is 10.4 Å². The number of nitrogens with zero attached hydrogens (tertiary/aromatic N) is 4. The molecule has 0 aromatic carbocycles. The Hall–Kier alpha value is -1.40. The van der Waals surface area contributed by atoms with Crippen molar-refractivity contribution in [1.29, 1.82) is 0 Å². The van der Waals surface area contributed by atoms with Crippen molar-refractivity contribution in [3.05, 3.63) is 22.1 Å². The minimum Gasteiger partial charge on any atom is -0.612 e. The van der Waals surface area contributed by atoms with E-state index in [4.69, 9.17) is 27.9 Å². The molecule has 6 nitrogen and oxygen atoms in total. The third-order valence-electron chi connectivity index (χ3n) is 1.76. The van der Waals surface area contributed by atoms with Gasteiger partial charge in [0.2, 0.25) is 5.28 Å². The molecule has 84 valence electrons. The Morgan fingerprint density at radius 1 is 1.31 bits per heavy atom. The number of azo groups is 1. The van der Waals surface area contributed by atoms with Crippen LogP contribution in [0.15, 0.2) is 16.2 Å². The van der Waals surface area contributed by atoms with Crippen LogP contribution in [-0.4, -0.2) is 16.6 Å². The summed E-state index contributed by atoms with van der Waals surface area (Å²) in [4.78, 5) is 7.53. The molecule has 16 heavy (non-hydrogen) atoms. The van der Waals surface area contributed by atoms with Gasteiger partial charge >= 0.3 is 0 Å². The summed E-state index contributed by atoms with van der Waals surface area (Å²) in [6.07, 6.45) is 0. The van der Waals surface area contributed by atoms with Gasteiger partial charge in [-0.25, -0.2) is 9.97 Å². The molecule has 0 fully saturated rings.